The Kier molecular flexibility index (Phi) is 3.63. The van der Waals surface area contributed by atoms with Crippen LogP contribution in [-0.2, 0) is 0 Å². The van der Waals surface area contributed by atoms with Gasteiger partial charge < -0.3 is 4.74 Å². The highest BCUT2D eigenvalue weighted by Crippen LogP contribution is 2.28. The minimum atomic E-state index is -0.511. The predicted octanol–water partition coefficient (Wildman–Crippen LogP) is 4.39. The molecule has 0 heterocycles. The molecule has 4 heteroatoms. The summed E-state index contributed by atoms with van der Waals surface area (Å²) in [6.07, 6.45) is 0.716. The van der Waals surface area contributed by atoms with Gasteiger partial charge in [-0.25, -0.2) is 4.39 Å². The number of ether oxygens (including phenoxy) is 1. The van der Waals surface area contributed by atoms with Crippen LogP contribution in [-0.4, -0.2) is 6.29 Å². The average Bonchev–Trinajstić information content (AvgIpc) is 2.36. The number of aryl methyl sites for hydroxylation is 1. The molecule has 0 N–H and O–H groups in total. The van der Waals surface area contributed by atoms with Crippen molar-refractivity contribution in [3.8, 4) is 11.5 Å². The van der Waals surface area contributed by atoms with Crippen molar-refractivity contribution in [2.75, 3.05) is 0 Å². The van der Waals surface area contributed by atoms with Crippen LogP contribution in [0.15, 0.2) is 36.4 Å². The molecule has 0 spiro atoms. The number of hydrogen-bond donors (Lipinski definition) is 0. The molecule has 92 valence electrons. The highest BCUT2D eigenvalue weighted by atomic mass is 35.5. The first-order valence-electron chi connectivity index (χ1n) is 5.29. The van der Waals surface area contributed by atoms with Gasteiger partial charge in [0.05, 0.1) is 10.6 Å². The number of aldehydes is 1. The van der Waals surface area contributed by atoms with Crippen molar-refractivity contribution < 1.29 is 13.9 Å². The van der Waals surface area contributed by atoms with Crippen LogP contribution in [0.4, 0.5) is 4.39 Å². The van der Waals surface area contributed by atoms with E-state index >= 15 is 0 Å². The molecule has 2 aromatic carbocycles. The summed E-state index contributed by atoms with van der Waals surface area (Å²) in [5.41, 5.74) is 1.40. The SMILES string of the molecule is Cc1ccc(Oc2ccc(F)c(Cl)c2)c(C=O)c1. The summed E-state index contributed by atoms with van der Waals surface area (Å²) in [6, 6.07) is 9.27. The lowest BCUT2D eigenvalue weighted by Gasteiger charge is -2.09. The molecule has 0 unspecified atom stereocenters. The van der Waals surface area contributed by atoms with Gasteiger partial charge in [0, 0.05) is 6.07 Å². The second kappa shape index (κ2) is 5.19. The molecule has 0 radical (unpaired) electrons. The molecule has 0 fully saturated rings. The van der Waals surface area contributed by atoms with Crippen LogP contribution in [0.2, 0.25) is 5.02 Å². The monoisotopic (exact) mass is 264 g/mol. The lowest BCUT2D eigenvalue weighted by atomic mass is 10.1. The molecule has 0 aliphatic carbocycles. The highest BCUT2D eigenvalue weighted by Gasteiger charge is 2.06. The first kappa shape index (κ1) is 12.6. The lowest BCUT2D eigenvalue weighted by molar-refractivity contribution is 0.112. The van der Waals surface area contributed by atoms with Crippen molar-refractivity contribution >= 4 is 17.9 Å². The van der Waals surface area contributed by atoms with Crippen molar-refractivity contribution in [1.29, 1.82) is 0 Å². The van der Waals surface area contributed by atoms with E-state index in [-0.39, 0.29) is 5.02 Å². The van der Waals surface area contributed by atoms with Crippen LogP contribution in [0.5, 0.6) is 11.5 Å². The number of carbonyl (C=O) groups is 1. The molecule has 2 aromatic rings. The molecule has 18 heavy (non-hydrogen) atoms. The topological polar surface area (TPSA) is 26.3 Å². The molecule has 0 saturated heterocycles. The summed E-state index contributed by atoms with van der Waals surface area (Å²) < 4.78 is 18.5. The number of rotatable bonds is 3. The molecule has 0 aliphatic rings. The number of hydrogen-bond acceptors (Lipinski definition) is 2. The maximum atomic E-state index is 13.0. The number of benzene rings is 2. The number of carbonyl (C=O) groups excluding carboxylic acids is 1. The van der Waals surface area contributed by atoms with Gasteiger partial charge >= 0.3 is 0 Å². The molecule has 0 atom stereocenters. The van der Waals surface area contributed by atoms with Gasteiger partial charge in [-0.3, -0.25) is 4.79 Å². The summed E-state index contributed by atoms with van der Waals surface area (Å²) in [4.78, 5) is 10.9. The van der Waals surface area contributed by atoms with Crippen molar-refractivity contribution in [2.24, 2.45) is 0 Å². The largest absolute Gasteiger partial charge is 0.457 e. The Morgan fingerprint density at radius 1 is 1.22 bits per heavy atom. The Morgan fingerprint density at radius 3 is 2.67 bits per heavy atom. The Labute approximate surface area is 109 Å². The summed E-state index contributed by atoms with van der Waals surface area (Å²) in [7, 11) is 0. The maximum Gasteiger partial charge on any atom is 0.153 e. The maximum absolute atomic E-state index is 13.0. The fraction of sp³-hybridized carbons (Fsp3) is 0.0714. The summed E-state index contributed by atoms with van der Waals surface area (Å²) >= 11 is 5.65. The third kappa shape index (κ3) is 2.68. The highest BCUT2D eigenvalue weighted by molar-refractivity contribution is 6.30. The van der Waals surface area contributed by atoms with Crippen LogP contribution >= 0.6 is 11.6 Å². The van der Waals surface area contributed by atoms with E-state index in [9.17, 15) is 9.18 Å². The Bertz CT molecular complexity index is 596. The van der Waals surface area contributed by atoms with Gasteiger partial charge in [-0.15, -0.1) is 0 Å². The molecule has 2 rings (SSSR count). The van der Waals surface area contributed by atoms with Crippen molar-refractivity contribution in [2.45, 2.75) is 6.92 Å². The molecule has 2 nitrogen and oxygen atoms in total. The Balaban J connectivity index is 2.33. The first-order chi connectivity index (χ1) is 8.60. The third-order valence-electron chi connectivity index (χ3n) is 2.41. The zero-order chi connectivity index (χ0) is 13.1. The zero-order valence-corrected chi connectivity index (χ0v) is 10.4. The van der Waals surface area contributed by atoms with Gasteiger partial charge in [0.15, 0.2) is 6.29 Å². The van der Waals surface area contributed by atoms with Gasteiger partial charge in [0.2, 0.25) is 0 Å². The molecular weight excluding hydrogens is 255 g/mol. The predicted molar refractivity (Wildman–Crippen MR) is 68.1 cm³/mol. The van der Waals surface area contributed by atoms with E-state index < -0.39 is 5.82 Å². The van der Waals surface area contributed by atoms with E-state index in [1.54, 1.807) is 12.1 Å². The van der Waals surface area contributed by atoms with Crippen LogP contribution in [0.3, 0.4) is 0 Å². The van der Waals surface area contributed by atoms with Gasteiger partial charge in [0.1, 0.15) is 17.3 Å². The van der Waals surface area contributed by atoms with Crippen LogP contribution in [0.25, 0.3) is 0 Å². The van der Waals surface area contributed by atoms with Crippen molar-refractivity contribution in [3.63, 3.8) is 0 Å². The quantitative estimate of drug-likeness (QED) is 0.769. The lowest BCUT2D eigenvalue weighted by Crippen LogP contribution is -1.91. The Morgan fingerprint density at radius 2 is 2.00 bits per heavy atom. The summed E-state index contributed by atoms with van der Waals surface area (Å²) in [5, 5.41) is -0.0211. The van der Waals surface area contributed by atoms with Crippen molar-refractivity contribution in [1.82, 2.24) is 0 Å². The van der Waals surface area contributed by atoms with E-state index in [0.717, 1.165) is 5.56 Å². The van der Waals surface area contributed by atoms with Crippen LogP contribution in [0.1, 0.15) is 15.9 Å². The number of halogens is 2. The van der Waals surface area contributed by atoms with Crippen molar-refractivity contribution in [3.05, 3.63) is 58.4 Å². The normalized spacial score (nSPS) is 10.2. The minimum Gasteiger partial charge on any atom is -0.457 e. The summed E-state index contributed by atoms with van der Waals surface area (Å²) in [5.74, 6) is 0.287. The van der Waals surface area contributed by atoms with Crippen LogP contribution < -0.4 is 4.74 Å². The van der Waals surface area contributed by atoms with E-state index in [1.807, 2.05) is 13.0 Å². The second-order valence-electron chi connectivity index (χ2n) is 3.84. The molecule has 0 bridgehead atoms. The molecule has 0 aliphatic heterocycles. The molecule has 0 saturated carbocycles. The average molecular weight is 265 g/mol. The van der Waals surface area contributed by atoms with E-state index in [4.69, 9.17) is 16.3 Å². The zero-order valence-electron chi connectivity index (χ0n) is 9.61. The standard InChI is InChI=1S/C14H10ClFO2/c1-9-2-5-14(10(6-9)8-17)18-11-3-4-13(16)12(15)7-11/h2-8H,1H3. The minimum absolute atomic E-state index is 0.0211. The van der Waals surface area contributed by atoms with Gasteiger partial charge in [-0.2, -0.15) is 0 Å². The van der Waals surface area contributed by atoms with Gasteiger partial charge in [0.25, 0.3) is 0 Å². The molecular formula is C14H10ClFO2. The molecule has 0 amide bonds. The second-order valence-corrected chi connectivity index (χ2v) is 4.24. The molecule has 0 aromatic heterocycles. The summed E-state index contributed by atoms with van der Waals surface area (Å²) in [6.45, 7) is 1.88. The van der Waals surface area contributed by atoms with E-state index in [2.05, 4.69) is 0 Å². The third-order valence-corrected chi connectivity index (χ3v) is 2.70. The smallest absolute Gasteiger partial charge is 0.153 e. The van der Waals surface area contributed by atoms with E-state index in [0.29, 0.717) is 23.3 Å². The first-order valence-corrected chi connectivity index (χ1v) is 5.66. The van der Waals surface area contributed by atoms with E-state index in [1.165, 1.54) is 18.2 Å². The van der Waals surface area contributed by atoms with Gasteiger partial charge in [-0.1, -0.05) is 23.2 Å². The Hall–Kier alpha value is -1.87. The van der Waals surface area contributed by atoms with Gasteiger partial charge in [-0.05, 0) is 31.2 Å². The fourth-order valence-corrected chi connectivity index (χ4v) is 1.69. The van der Waals surface area contributed by atoms with Crippen LogP contribution in [0, 0.1) is 12.7 Å². The fourth-order valence-electron chi connectivity index (χ4n) is 1.52.